The zero-order chi connectivity index (χ0) is 40.6. The molecule has 0 radical (unpaired) electrons. The molecule has 5 heterocycles. The number of nitrogens with one attached hydrogen (secondary N) is 3. The van der Waals surface area contributed by atoms with Gasteiger partial charge in [-0.1, -0.05) is 12.1 Å². The molecule has 15 nitrogen and oxygen atoms in total. The normalized spacial score (nSPS) is 18.1. The number of aromatic nitrogens is 2. The Hall–Kier alpha value is -6.24. The standard InChI is InChI=1S/C38H31ClF3N5O10/c1-55-24-5-2-4-17-12-26(56-31(17)24)33(49)43-20-6-7-21-18(10-20)11-22(44-21)34(50)46-15-19(14-39)27-23(46)13-25(57-36(53)47-9-3-8-37(47,54)16-48)30-28(27)29(35(51)52)32(45-30)38(40,41)42/h2,4-7,10-13,19,44-45,48,54H,3,8-9,14-16H2,1H3,(H,43,49)(H,51,52)/t19-,37+/m1/s1. The van der Waals surface area contributed by atoms with Crippen LogP contribution in [0, 0.1) is 0 Å². The van der Waals surface area contributed by atoms with Gasteiger partial charge in [-0.3, -0.25) is 14.5 Å². The number of anilines is 2. The Morgan fingerprint density at radius 1 is 1.07 bits per heavy atom. The molecular weight excluding hydrogens is 779 g/mol. The monoisotopic (exact) mass is 809 g/mol. The van der Waals surface area contributed by atoms with Crippen molar-refractivity contribution in [3.05, 3.63) is 82.9 Å². The van der Waals surface area contributed by atoms with Crippen molar-refractivity contribution in [2.75, 3.05) is 42.9 Å². The lowest BCUT2D eigenvalue weighted by molar-refractivity contribution is -0.141. The number of rotatable bonds is 8. The quantitative estimate of drug-likeness (QED) is 0.0904. The number of likely N-dealkylation sites (tertiary alicyclic amines) is 1. The molecule has 0 saturated carbocycles. The van der Waals surface area contributed by atoms with Crippen molar-refractivity contribution in [2.45, 2.75) is 30.7 Å². The van der Waals surface area contributed by atoms with Crippen LogP contribution in [-0.2, 0) is 6.18 Å². The first-order chi connectivity index (χ1) is 27.1. The number of alkyl halides is 4. The number of fused-ring (bicyclic) bond motifs is 5. The number of amides is 3. The molecule has 2 aliphatic rings. The molecular formula is C38H31ClF3N5O10. The number of aromatic amines is 2. The number of ether oxygens (including phenoxy) is 2. The van der Waals surface area contributed by atoms with Gasteiger partial charge in [0.25, 0.3) is 11.8 Å². The summed E-state index contributed by atoms with van der Waals surface area (Å²) in [6, 6.07) is 14.2. The molecule has 6 N–H and O–H groups in total. The van der Waals surface area contributed by atoms with Gasteiger partial charge in [-0.05, 0) is 54.8 Å². The van der Waals surface area contributed by atoms with Crippen molar-refractivity contribution in [3.63, 3.8) is 0 Å². The fourth-order valence-electron chi connectivity index (χ4n) is 7.64. The minimum atomic E-state index is -5.19. The van der Waals surface area contributed by atoms with Crippen LogP contribution in [0.2, 0.25) is 0 Å². The highest BCUT2D eigenvalue weighted by atomic mass is 35.5. The summed E-state index contributed by atoms with van der Waals surface area (Å²) in [5.74, 6) is -4.35. The zero-order valence-corrected chi connectivity index (χ0v) is 30.4. The third kappa shape index (κ3) is 6.25. The predicted molar refractivity (Wildman–Crippen MR) is 198 cm³/mol. The molecule has 57 heavy (non-hydrogen) atoms. The largest absolute Gasteiger partial charge is 0.493 e. The van der Waals surface area contributed by atoms with Crippen LogP contribution in [0.25, 0.3) is 32.8 Å². The Kier molecular flexibility index (Phi) is 9.09. The van der Waals surface area contributed by atoms with Crippen LogP contribution in [0.1, 0.15) is 61.4 Å². The van der Waals surface area contributed by atoms with Gasteiger partial charge in [0.05, 0.1) is 30.5 Å². The number of hydrogen-bond acceptors (Lipinski definition) is 9. The smallest absolute Gasteiger partial charge is 0.432 e. The molecule has 0 unspecified atom stereocenters. The zero-order valence-electron chi connectivity index (χ0n) is 29.6. The number of benzene rings is 3. The van der Waals surface area contributed by atoms with Crippen molar-refractivity contribution in [1.29, 1.82) is 0 Å². The predicted octanol–water partition coefficient (Wildman–Crippen LogP) is 6.63. The summed E-state index contributed by atoms with van der Waals surface area (Å²) in [6.07, 6.45) is -6.14. The molecule has 3 aromatic heterocycles. The van der Waals surface area contributed by atoms with Crippen LogP contribution >= 0.6 is 11.6 Å². The molecule has 3 amide bonds. The fraction of sp³-hybridized carbons (Fsp3) is 0.263. The average molecular weight is 810 g/mol. The Balaban J connectivity index is 1.17. The second-order valence-corrected chi connectivity index (χ2v) is 14.0. The van der Waals surface area contributed by atoms with Gasteiger partial charge in [-0.2, -0.15) is 13.2 Å². The molecule has 1 saturated heterocycles. The second-order valence-electron chi connectivity index (χ2n) is 13.7. The molecule has 2 atom stereocenters. The van der Waals surface area contributed by atoms with E-state index in [-0.39, 0.29) is 54.5 Å². The highest BCUT2D eigenvalue weighted by Gasteiger charge is 2.46. The maximum atomic E-state index is 14.4. The van der Waals surface area contributed by atoms with E-state index in [9.17, 15) is 47.7 Å². The highest BCUT2D eigenvalue weighted by molar-refractivity contribution is 6.20. The third-order valence-corrected chi connectivity index (χ3v) is 10.7. The van der Waals surface area contributed by atoms with Crippen molar-refractivity contribution >= 4 is 79.6 Å². The van der Waals surface area contributed by atoms with Gasteiger partial charge in [0.2, 0.25) is 0 Å². The number of aromatic carboxylic acids is 1. The van der Waals surface area contributed by atoms with E-state index in [4.69, 9.17) is 25.5 Å². The summed E-state index contributed by atoms with van der Waals surface area (Å²) < 4.78 is 59.6. The number of halogens is 4. The van der Waals surface area contributed by atoms with Gasteiger partial charge >= 0.3 is 18.2 Å². The summed E-state index contributed by atoms with van der Waals surface area (Å²) in [4.78, 5) is 60.4. The summed E-state index contributed by atoms with van der Waals surface area (Å²) >= 11 is 6.33. The van der Waals surface area contributed by atoms with Crippen LogP contribution in [0.3, 0.4) is 0 Å². The van der Waals surface area contributed by atoms with E-state index in [2.05, 4.69) is 15.3 Å². The van der Waals surface area contributed by atoms with Gasteiger partial charge in [0.1, 0.15) is 11.4 Å². The molecule has 1 fully saturated rings. The number of nitrogens with zero attached hydrogens (tertiary/aromatic N) is 2. The number of aliphatic hydroxyl groups excluding tert-OH is 1. The van der Waals surface area contributed by atoms with Crippen molar-refractivity contribution in [2.24, 2.45) is 0 Å². The number of methoxy groups -OCH3 is 1. The van der Waals surface area contributed by atoms with E-state index < -0.39 is 76.2 Å². The van der Waals surface area contributed by atoms with Gasteiger partial charge in [-0.15, -0.1) is 11.6 Å². The average Bonchev–Trinajstić information content (AvgIpc) is 4.01. The number of carboxylic acids is 1. The number of H-pyrrole nitrogens is 2. The van der Waals surface area contributed by atoms with E-state index in [1.807, 2.05) is 0 Å². The van der Waals surface area contributed by atoms with E-state index >= 15 is 0 Å². The second kappa shape index (κ2) is 13.7. The maximum Gasteiger partial charge on any atom is 0.432 e. The van der Waals surface area contributed by atoms with Crippen molar-refractivity contribution in [1.82, 2.24) is 14.9 Å². The minimum Gasteiger partial charge on any atom is -0.493 e. The Labute approximate surface area is 323 Å². The molecule has 19 heteroatoms. The molecule has 3 aromatic carbocycles. The lowest BCUT2D eigenvalue weighted by Gasteiger charge is -2.31. The maximum absolute atomic E-state index is 14.4. The number of para-hydroxylation sites is 1. The van der Waals surface area contributed by atoms with Crippen molar-refractivity contribution in [3.8, 4) is 11.5 Å². The van der Waals surface area contributed by atoms with Crippen molar-refractivity contribution < 1.29 is 61.6 Å². The minimum absolute atomic E-state index is 0.00291. The summed E-state index contributed by atoms with van der Waals surface area (Å²) in [7, 11) is 1.48. The highest BCUT2D eigenvalue weighted by Crippen LogP contribution is 2.50. The first kappa shape index (κ1) is 37.7. The van der Waals surface area contributed by atoms with Crippen LogP contribution in [0.15, 0.2) is 59.0 Å². The van der Waals surface area contributed by atoms with Gasteiger partial charge in [0, 0.05) is 58.3 Å². The lowest BCUT2D eigenvalue weighted by atomic mass is 9.95. The Morgan fingerprint density at radius 2 is 1.86 bits per heavy atom. The molecule has 2 aliphatic heterocycles. The third-order valence-electron chi connectivity index (χ3n) is 10.3. The molecule has 0 spiro atoms. The summed E-state index contributed by atoms with van der Waals surface area (Å²) in [6.45, 7) is -1.09. The van der Waals surface area contributed by atoms with Gasteiger partial charge < -0.3 is 49.4 Å². The van der Waals surface area contributed by atoms with Crippen LogP contribution in [0.5, 0.6) is 11.5 Å². The topological polar surface area (TPSA) is 211 Å². The van der Waals surface area contributed by atoms with E-state index in [0.29, 0.717) is 33.3 Å². The number of carboxylic acid groups (broad SMARTS) is 1. The fourth-order valence-corrected chi connectivity index (χ4v) is 7.89. The van der Waals surface area contributed by atoms with E-state index in [1.165, 1.54) is 18.1 Å². The van der Waals surface area contributed by atoms with E-state index in [1.54, 1.807) is 42.5 Å². The Morgan fingerprint density at radius 3 is 2.56 bits per heavy atom. The number of hydrogen-bond donors (Lipinski definition) is 6. The molecule has 296 valence electrons. The molecule has 8 rings (SSSR count). The lowest BCUT2D eigenvalue weighted by Crippen LogP contribution is -2.51. The molecule has 0 bridgehead atoms. The Bertz CT molecular complexity index is 2650. The van der Waals surface area contributed by atoms with Crippen LogP contribution in [0.4, 0.5) is 29.3 Å². The summed E-state index contributed by atoms with van der Waals surface area (Å²) in [5, 5.41) is 34.1. The van der Waals surface area contributed by atoms with Crippen LogP contribution < -0.4 is 19.7 Å². The van der Waals surface area contributed by atoms with Gasteiger partial charge in [0.15, 0.2) is 28.6 Å². The molecule has 0 aliphatic carbocycles. The number of furan rings is 1. The van der Waals surface area contributed by atoms with Gasteiger partial charge in [-0.25, -0.2) is 9.59 Å². The van der Waals surface area contributed by atoms with Crippen LogP contribution in [-0.4, -0.2) is 92.5 Å². The number of carbonyl (C=O) groups excluding carboxylic acids is 3. The SMILES string of the molecule is COc1cccc2cc(C(=O)Nc3ccc4[nH]c(C(=O)N5C[C@@H](CCl)c6c5cc(OC(=O)N5CCC[C@]5(O)CO)c5[nH]c(C(F)(F)F)c(C(=O)O)c65)cc4c3)oc12. The van der Waals surface area contributed by atoms with E-state index in [0.717, 1.165) is 11.0 Å². The first-order valence-electron chi connectivity index (χ1n) is 17.4. The summed E-state index contributed by atoms with van der Waals surface area (Å²) in [5.41, 5.74) is -4.07. The number of aliphatic hydroxyl groups is 2. The molecule has 6 aromatic rings. The first-order valence-corrected chi connectivity index (χ1v) is 17.9. The number of carbonyl (C=O) groups is 4.